The Morgan fingerprint density at radius 1 is 1.48 bits per heavy atom. The average molecular weight is 291 g/mol. The molecule has 1 heterocycles. The zero-order valence-corrected chi connectivity index (χ0v) is 12.2. The largest absolute Gasteiger partial charge is 0.379 e. The number of anilines is 1. The van der Waals surface area contributed by atoms with E-state index in [1.54, 1.807) is 18.2 Å². The fourth-order valence-corrected chi connectivity index (χ4v) is 2.64. The zero-order chi connectivity index (χ0) is 15.2. The molecule has 0 radical (unpaired) electrons. The van der Waals surface area contributed by atoms with E-state index in [1.165, 1.54) is 6.07 Å². The number of benzene rings is 1. The molecule has 1 fully saturated rings. The Morgan fingerprint density at radius 2 is 2.24 bits per heavy atom. The molecular formula is C15H21N3O3. The molecule has 0 bridgehead atoms. The Bertz CT molecular complexity index is 519. The molecule has 0 aliphatic carbocycles. The van der Waals surface area contributed by atoms with Gasteiger partial charge in [0.1, 0.15) is 5.69 Å². The van der Waals surface area contributed by atoms with Crippen LogP contribution in [0.4, 0.5) is 11.4 Å². The van der Waals surface area contributed by atoms with Crippen molar-refractivity contribution in [2.45, 2.75) is 26.2 Å². The fourth-order valence-electron chi connectivity index (χ4n) is 2.64. The number of nitrogens with one attached hydrogen (secondary N) is 1. The van der Waals surface area contributed by atoms with Crippen molar-refractivity contribution in [3.05, 3.63) is 34.4 Å². The van der Waals surface area contributed by atoms with Gasteiger partial charge in [-0.25, -0.2) is 0 Å². The van der Waals surface area contributed by atoms with Crippen LogP contribution in [-0.4, -0.2) is 35.4 Å². The lowest BCUT2D eigenvalue weighted by molar-refractivity contribution is -0.384. The Morgan fingerprint density at radius 3 is 2.90 bits per heavy atom. The van der Waals surface area contributed by atoms with E-state index in [0.717, 1.165) is 25.9 Å². The predicted molar refractivity (Wildman–Crippen MR) is 81.2 cm³/mol. The summed E-state index contributed by atoms with van der Waals surface area (Å²) in [5.41, 5.74) is 0.500. The van der Waals surface area contributed by atoms with Crippen molar-refractivity contribution in [1.29, 1.82) is 0 Å². The van der Waals surface area contributed by atoms with Crippen LogP contribution < -0.4 is 5.32 Å². The number of para-hydroxylation sites is 2. The first kappa shape index (κ1) is 15.3. The van der Waals surface area contributed by atoms with Gasteiger partial charge in [-0.3, -0.25) is 14.9 Å². The number of hydrogen-bond acceptors (Lipinski definition) is 4. The van der Waals surface area contributed by atoms with Crippen LogP contribution in [0.1, 0.15) is 26.2 Å². The topological polar surface area (TPSA) is 75.5 Å². The maximum Gasteiger partial charge on any atom is 0.292 e. The summed E-state index contributed by atoms with van der Waals surface area (Å²) in [6.45, 7) is 4.25. The lowest BCUT2D eigenvalue weighted by Crippen LogP contribution is -2.30. The van der Waals surface area contributed by atoms with Crippen LogP contribution in [0.25, 0.3) is 0 Å². The van der Waals surface area contributed by atoms with Gasteiger partial charge in [-0.15, -0.1) is 0 Å². The van der Waals surface area contributed by atoms with Crippen molar-refractivity contribution in [3.8, 4) is 0 Å². The molecule has 1 unspecified atom stereocenters. The number of carbonyl (C=O) groups excluding carboxylic acids is 1. The molecule has 2 rings (SSSR count). The second-order valence-electron chi connectivity index (χ2n) is 5.35. The van der Waals surface area contributed by atoms with Crippen LogP contribution in [0.5, 0.6) is 0 Å². The smallest absolute Gasteiger partial charge is 0.292 e. The van der Waals surface area contributed by atoms with Gasteiger partial charge in [0.15, 0.2) is 0 Å². The highest BCUT2D eigenvalue weighted by Gasteiger charge is 2.24. The van der Waals surface area contributed by atoms with Crippen LogP contribution in [0, 0.1) is 16.0 Å². The van der Waals surface area contributed by atoms with E-state index in [9.17, 15) is 14.9 Å². The minimum Gasteiger partial charge on any atom is -0.379 e. The summed E-state index contributed by atoms with van der Waals surface area (Å²) < 4.78 is 0. The molecule has 6 nitrogen and oxygen atoms in total. The van der Waals surface area contributed by atoms with Gasteiger partial charge in [0.2, 0.25) is 5.91 Å². The molecule has 1 amide bonds. The summed E-state index contributed by atoms with van der Waals surface area (Å²) in [5.74, 6) is 0.745. The lowest BCUT2D eigenvalue weighted by Gasteiger charge is -2.16. The van der Waals surface area contributed by atoms with E-state index >= 15 is 0 Å². The number of likely N-dealkylation sites (tertiary alicyclic amines) is 1. The first-order valence-electron chi connectivity index (χ1n) is 7.37. The lowest BCUT2D eigenvalue weighted by atomic mass is 10.1. The molecule has 114 valence electrons. The molecule has 1 atom stereocenters. The average Bonchev–Trinajstić information content (AvgIpc) is 2.96. The molecule has 0 aromatic heterocycles. The van der Waals surface area contributed by atoms with Gasteiger partial charge >= 0.3 is 0 Å². The summed E-state index contributed by atoms with van der Waals surface area (Å²) in [4.78, 5) is 24.4. The number of amides is 1. The van der Waals surface area contributed by atoms with Crippen molar-refractivity contribution >= 4 is 17.3 Å². The number of carbonyl (C=O) groups is 1. The molecule has 1 aliphatic heterocycles. The normalized spacial score (nSPS) is 17.8. The summed E-state index contributed by atoms with van der Waals surface area (Å²) in [5, 5.41) is 13.9. The number of hydrogen-bond donors (Lipinski definition) is 1. The molecule has 0 spiro atoms. The monoisotopic (exact) mass is 291 g/mol. The summed E-state index contributed by atoms with van der Waals surface area (Å²) >= 11 is 0. The molecule has 21 heavy (non-hydrogen) atoms. The van der Waals surface area contributed by atoms with E-state index in [0.29, 0.717) is 24.6 Å². The Balaban J connectivity index is 1.82. The first-order valence-corrected chi connectivity index (χ1v) is 7.37. The minimum atomic E-state index is -0.420. The van der Waals surface area contributed by atoms with Gasteiger partial charge in [0, 0.05) is 32.1 Å². The summed E-state index contributed by atoms with van der Waals surface area (Å²) in [7, 11) is 0. The maximum atomic E-state index is 12.1. The number of nitro benzene ring substituents is 1. The minimum absolute atomic E-state index is 0.0390. The first-order chi connectivity index (χ1) is 10.1. The van der Waals surface area contributed by atoms with Gasteiger partial charge < -0.3 is 10.2 Å². The van der Waals surface area contributed by atoms with Crippen LogP contribution in [0.2, 0.25) is 0 Å². The van der Waals surface area contributed by atoms with Crippen molar-refractivity contribution in [1.82, 2.24) is 4.90 Å². The molecule has 0 saturated carbocycles. The highest BCUT2D eigenvalue weighted by molar-refractivity contribution is 5.77. The van der Waals surface area contributed by atoms with E-state index in [-0.39, 0.29) is 11.6 Å². The molecule has 1 aliphatic rings. The standard InChI is InChI=1S/C15H21N3O3/c1-2-12-8-10-17(11-12)15(19)7-9-16-13-5-3-4-6-14(13)18(20)21/h3-6,12,16H,2,7-11H2,1H3. The van der Waals surface area contributed by atoms with Crippen molar-refractivity contribution in [3.63, 3.8) is 0 Å². The van der Waals surface area contributed by atoms with Crippen LogP contribution >= 0.6 is 0 Å². The number of nitrogens with zero attached hydrogens (tertiary/aromatic N) is 2. The third-order valence-corrected chi connectivity index (χ3v) is 3.97. The molecule has 1 N–H and O–H groups in total. The van der Waals surface area contributed by atoms with Gasteiger partial charge in [-0.05, 0) is 18.4 Å². The molecule has 1 aromatic carbocycles. The zero-order valence-electron chi connectivity index (χ0n) is 12.2. The Labute approximate surface area is 124 Å². The van der Waals surface area contributed by atoms with Gasteiger partial charge in [-0.2, -0.15) is 0 Å². The molecular weight excluding hydrogens is 270 g/mol. The van der Waals surface area contributed by atoms with Crippen LogP contribution in [0.15, 0.2) is 24.3 Å². The summed E-state index contributed by atoms with van der Waals surface area (Å²) in [6.07, 6.45) is 2.56. The predicted octanol–water partition coefficient (Wildman–Crippen LogP) is 2.66. The fraction of sp³-hybridized carbons (Fsp3) is 0.533. The molecule has 1 aromatic rings. The SMILES string of the molecule is CCC1CCN(C(=O)CCNc2ccccc2[N+](=O)[O-])C1. The van der Waals surface area contributed by atoms with E-state index in [1.807, 2.05) is 4.90 Å². The third kappa shape index (κ3) is 3.93. The highest BCUT2D eigenvalue weighted by atomic mass is 16.6. The maximum absolute atomic E-state index is 12.1. The van der Waals surface area contributed by atoms with Gasteiger partial charge in [0.25, 0.3) is 5.69 Å². The van der Waals surface area contributed by atoms with Gasteiger partial charge in [0.05, 0.1) is 4.92 Å². The number of rotatable bonds is 6. The van der Waals surface area contributed by atoms with E-state index in [2.05, 4.69) is 12.2 Å². The van der Waals surface area contributed by atoms with Gasteiger partial charge in [-0.1, -0.05) is 25.5 Å². The molecule has 6 heteroatoms. The Hall–Kier alpha value is -2.11. The molecule has 1 saturated heterocycles. The van der Waals surface area contributed by atoms with Crippen LogP contribution in [0.3, 0.4) is 0 Å². The van der Waals surface area contributed by atoms with Crippen molar-refractivity contribution in [2.75, 3.05) is 25.0 Å². The van der Waals surface area contributed by atoms with Crippen molar-refractivity contribution < 1.29 is 9.72 Å². The third-order valence-electron chi connectivity index (χ3n) is 3.97. The number of nitro groups is 1. The quantitative estimate of drug-likeness (QED) is 0.646. The van der Waals surface area contributed by atoms with Crippen molar-refractivity contribution in [2.24, 2.45) is 5.92 Å². The van der Waals surface area contributed by atoms with E-state index < -0.39 is 4.92 Å². The van der Waals surface area contributed by atoms with Crippen LogP contribution in [-0.2, 0) is 4.79 Å². The second-order valence-corrected chi connectivity index (χ2v) is 5.35. The summed E-state index contributed by atoms with van der Waals surface area (Å²) in [6, 6.07) is 6.48. The second kappa shape index (κ2) is 7.06. The van der Waals surface area contributed by atoms with E-state index in [4.69, 9.17) is 0 Å². The highest BCUT2D eigenvalue weighted by Crippen LogP contribution is 2.23. The Kier molecular flexibility index (Phi) is 5.14.